The molecule has 4 heteroatoms. The summed E-state index contributed by atoms with van der Waals surface area (Å²) in [6, 6.07) is -0.0422. The molecule has 0 atom stereocenters. The van der Waals surface area contributed by atoms with Crippen molar-refractivity contribution in [3.63, 3.8) is 0 Å². The van der Waals surface area contributed by atoms with Crippen molar-refractivity contribution in [1.29, 1.82) is 0 Å². The van der Waals surface area contributed by atoms with Gasteiger partial charge in [-0.15, -0.1) is 0 Å². The van der Waals surface area contributed by atoms with Crippen molar-refractivity contribution in [1.82, 2.24) is 10.6 Å². The topological polar surface area (TPSA) is 67.1 Å². The molecule has 4 N–H and O–H groups in total. The lowest BCUT2D eigenvalue weighted by molar-refractivity contribution is 0.234. The van der Waals surface area contributed by atoms with Crippen LogP contribution in [0.3, 0.4) is 0 Å². The van der Waals surface area contributed by atoms with Crippen molar-refractivity contribution < 1.29 is 4.79 Å². The molecule has 0 aromatic rings. The molecule has 0 unspecified atom stereocenters. The number of hydrogen-bond donors (Lipinski definition) is 3. The van der Waals surface area contributed by atoms with Gasteiger partial charge in [-0.25, -0.2) is 4.79 Å². The first kappa shape index (κ1) is 5.37. The fourth-order valence-corrected chi connectivity index (χ4v) is 0.582. The molecule has 1 aliphatic rings. The summed E-state index contributed by atoms with van der Waals surface area (Å²) < 4.78 is 0. The quantitative estimate of drug-likeness (QED) is 0.364. The first-order chi connectivity index (χ1) is 3.79. The Bertz CT molecular complexity index is 93.5. The summed E-state index contributed by atoms with van der Waals surface area (Å²) >= 11 is 0. The summed E-state index contributed by atoms with van der Waals surface area (Å²) in [5, 5.41) is 5.11. The van der Waals surface area contributed by atoms with E-state index in [1.807, 2.05) is 0 Å². The van der Waals surface area contributed by atoms with Gasteiger partial charge in [0.2, 0.25) is 0 Å². The van der Waals surface area contributed by atoms with Gasteiger partial charge in [0.15, 0.2) is 0 Å². The molecule has 0 saturated carbocycles. The second kappa shape index (κ2) is 2.00. The molecule has 1 rings (SSSR count). The molecule has 0 bridgehead atoms. The summed E-state index contributed by atoms with van der Waals surface area (Å²) in [5.41, 5.74) is 5.42. The minimum Gasteiger partial charge on any atom is -0.337 e. The zero-order valence-corrected chi connectivity index (χ0v) is 4.48. The molecule has 1 fully saturated rings. The highest BCUT2D eigenvalue weighted by atomic mass is 16.2. The van der Waals surface area contributed by atoms with Crippen molar-refractivity contribution in [3.8, 4) is 0 Å². The van der Waals surface area contributed by atoms with E-state index < -0.39 is 0 Å². The molecule has 1 aliphatic heterocycles. The zero-order valence-electron chi connectivity index (χ0n) is 4.48. The highest BCUT2D eigenvalue weighted by molar-refractivity contribution is 5.74. The molecule has 8 heavy (non-hydrogen) atoms. The SMILES string of the molecule is NC1CNC(=O)NC1. The van der Waals surface area contributed by atoms with Crippen molar-refractivity contribution >= 4 is 6.03 Å². The number of urea groups is 1. The lowest BCUT2D eigenvalue weighted by atomic mass is 10.3. The number of nitrogens with two attached hydrogens (primary N) is 1. The van der Waals surface area contributed by atoms with Gasteiger partial charge in [0.05, 0.1) is 0 Å². The van der Waals surface area contributed by atoms with E-state index in [-0.39, 0.29) is 12.1 Å². The van der Waals surface area contributed by atoms with Gasteiger partial charge < -0.3 is 16.4 Å². The van der Waals surface area contributed by atoms with Crippen LogP contribution < -0.4 is 16.4 Å². The monoisotopic (exact) mass is 115 g/mol. The number of carbonyl (C=O) groups is 1. The Morgan fingerprint density at radius 3 is 2.38 bits per heavy atom. The van der Waals surface area contributed by atoms with E-state index >= 15 is 0 Å². The molecule has 0 aliphatic carbocycles. The Morgan fingerprint density at radius 1 is 1.50 bits per heavy atom. The summed E-state index contributed by atoms with van der Waals surface area (Å²) in [6.45, 7) is 1.18. The largest absolute Gasteiger partial charge is 0.337 e. The molecule has 0 radical (unpaired) electrons. The van der Waals surface area contributed by atoms with Gasteiger partial charge in [0, 0.05) is 19.1 Å². The standard InChI is InChI=1S/C4H9N3O/c5-3-1-6-4(8)7-2-3/h3H,1-2,5H2,(H2,6,7,8). The maximum atomic E-state index is 10.3. The van der Waals surface area contributed by atoms with E-state index in [2.05, 4.69) is 10.6 Å². The van der Waals surface area contributed by atoms with E-state index in [1.54, 1.807) is 0 Å². The molecule has 1 saturated heterocycles. The zero-order chi connectivity index (χ0) is 5.98. The average Bonchev–Trinajstić information content (AvgIpc) is 1.77. The van der Waals surface area contributed by atoms with Crippen LogP contribution in [0.15, 0.2) is 0 Å². The van der Waals surface area contributed by atoms with Gasteiger partial charge in [-0.05, 0) is 0 Å². The maximum absolute atomic E-state index is 10.3. The molecule has 0 aromatic carbocycles. The minimum atomic E-state index is -0.119. The molecule has 2 amide bonds. The van der Waals surface area contributed by atoms with Crippen LogP contribution in [0.5, 0.6) is 0 Å². The van der Waals surface area contributed by atoms with Crippen LogP contribution in [0.1, 0.15) is 0 Å². The van der Waals surface area contributed by atoms with Crippen LogP contribution in [0, 0.1) is 0 Å². The lowest BCUT2D eigenvalue weighted by Crippen LogP contribution is -2.54. The van der Waals surface area contributed by atoms with Crippen molar-refractivity contribution in [2.45, 2.75) is 6.04 Å². The van der Waals surface area contributed by atoms with Crippen molar-refractivity contribution in [2.24, 2.45) is 5.73 Å². The predicted octanol–water partition coefficient (Wildman–Crippen LogP) is -1.37. The Kier molecular flexibility index (Phi) is 1.34. The second-order valence-corrected chi connectivity index (χ2v) is 1.85. The van der Waals surface area contributed by atoms with E-state index in [0.717, 1.165) is 0 Å². The third-order valence-electron chi connectivity index (χ3n) is 1.05. The number of carbonyl (C=O) groups excluding carboxylic acids is 1. The van der Waals surface area contributed by atoms with Crippen LogP contribution >= 0.6 is 0 Å². The van der Waals surface area contributed by atoms with Crippen LogP contribution in [0.4, 0.5) is 4.79 Å². The molecular formula is C4H9N3O. The highest BCUT2D eigenvalue weighted by Crippen LogP contribution is 1.79. The molecule has 46 valence electrons. The van der Waals surface area contributed by atoms with E-state index in [1.165, 1.54) is 0 Å². The Labute approximate surface area is 47.4 Å². The predicted molar refractivity (Wildman–Crippen MR) is 29.4 cm³/mol. The fraction of sp³-hybridized carbons (Fsp3) is 0.750. The molecule has 4 nitrogen and oxygen atoms in total. The third kappa shape index (κ3) is 1.10. The Balaban J connectivity index is 2.29. The number of nitrogens with one attached hydrogen (secondary N) is 2. The van der Waals surface area contributed by atoms with E-state index in [4.69, 9.17) is 5.73 Å². The van der Waals surface area contributed by atoms with Crippen LogP contribution in [-0.4, -0.2) is 25.2 Å². The summed E-state index contributed by atoms with van der Waals surface area (Å²) in [6.07, 6.45) is 0. The number of hydrogen-bond acceptors (Lipinski definition) is 2. The van der Waals surface area contributed by atoms with Crippen LogP contribution in [0.25, 0.3) is 0 Å². The first-order valence-electron chi connectivity index (χ1n) is 2.56. The first-order valence-corrected chi connectivity index (χ1v) is 2.56. The van der Waals surface area contributed by atoms with E-state index in [9.17, 15) is 4.79 Å². The van der Waals surface area contributed by atoms with Crippen molar-refractivity contribution in [3.05, 3.63) is 0 Å². The molecule has 1 heterocycles. The van der Waals surface area contributed by atoms with Crippen molar-refractivity contribution in [2.75, 3.05) is 13.1 Å². The maximum Gasteiger partial charge on any atom is 0.314 e. The number of rotatable bonds is 0. The summed E-state index contributed by atoms with van der Waals surface area (Å²) in [4.78, 5) is 10.3. The second-order valence-electron chi connectivity index (χ2n) is 1.85. The Morgan fingerprint density at radius 2 is 2.00 bits per heavy atom. The van der Waals surface area contributed by atoms with Crippen LogP contribution in [0.2, 0.25) is 0 Å². The number of amides is 2. The average molecular weight is 115 g/mol. The lowest BCUT2D eigenvalue weighted by Gasteiger charge is -2.19. The molecular weight excluding hydrogens is 106 g/mol. The smallest absolute Gasteiger partial charge is 0.314 e. The van der Waals surface area contributed by atoms with Gasteiger partial charge in [-0.1, -0.05) is 0 Å². The molecule has 0 aromatic heterocycles. The third-order valence-corrected chi connectivity index (χ3v) is 1.05. The van der Waals surface area contributed by atoms with Gasteiger partial charge in [-0.2, -0.15) is 0 Å². The summed E-state index contributed by atoms with van der Waals surface area (Å²) in [5.74, 6) is 0. The van der Waals surface area contributed by atoms with Gasteiger partial charge in [0.25, 0.3) is 0 Å². The fourth-order valence-electron chi connectivity index (χ4n) is 0.582. The van der Waals surface area contributed by atoms with Gasteiger partial charge in [-0.3, -0.25) is 0 Å². The summed E-state index contributed by atoms with van der Waals surface area (Å²) in [7, 11) is 0. The Hall–Kier alpha value is -0.770. The van der Waals surface area contributed by atoms with Gasteiger partial charge >= 0.3 is 6.03 Å². The van der Waals surface area contributed by atoms with E-state index in [0.29, 0.717) is 13.1 Å². The van der Waals surface area contributed by atoms with Gasteiger partial charge in [0.1, 0.15) is 0 Å². The normalized spacial score (nSPS) is 21.9. The molecule has 0 spiro atoms. The minimum absolute atomic E-state index is 0.0766. The van der Waals surface area contributed by atoms with Crippen LogP contribution in [-0.2, 0) is 0 Å². The highest BCUT2D eigenvalue weighted by Gasteiger charge is 2.11.